The van der Waals surface area contributed by atoms with E-state index in [-0.39, 0.29) is 12.5 Å². The Balaban J connectivity index is 1.79. The molecule has 1 saturated heterocycles. The summed E-state index contributed by atoms with van der Waals surface area (Å²) in [6.45, 7) is 5.11. The number of aliphatic hydroxyl groups is 1. The largest absolute Gasteiger partial charge is 0.495 e. The number of methoxy groups -OCH3 is 1. The van der Waals surface area contributed by atoms with Crippen molar-refractivity contribution >= 4 is 17.5 Å². The maximum atomic E-state index is 12.1. The van der Waals surface area contributed by atoms with Crippen molar-refractivity contribution in [1.82, 2.24) is 10.2 Å². The minimum absolute atomic E-state index is 0.232. The van der Waals surface area contributed by atoms with E-state index >= 15 is 0 Å². The summed E-state index contributed by atoms with van der Waals surface area (Å²) in [5.74, 6) is 0.983. The average molecular weight is 341 g/mol. The molecule has 1 aliphatic heterocycles. The van der Waals surface area contributed by atoms with Gasteiger partial charge in [0.25, 0.3) is 5.91 Å². The fourth-order valence-electron chi connectivity index (χ4n) is 2.72. The Labute approximate surface area is 142 Å². The molecule has 0 aliphatic carbocycles. The van der Waals surface area contributed by atoms with Crippen LogP contribution in [0.2, 0.25) is 5.02 Å². The summed E-state index contributed by atoms with van der Waals surface area (Å²) in [7, 11) is 1.51. The third kappa shape index (κ3) is 5.37. The van der Waals surface area contributed by atoms with Crippen LogP contribution in [0.1, 0.15) is 30.1 Å². The summed E-state index contributed by atoms with van der Waals surface area (Å²) in [6.07, 6.45) is 1.77. The molecule has 6 heteroatoms. The van der Waals surface area contributed by atoms with Crippen LogP contribution in [-0.4, -0.2) is 55.3 Å². The Morgan fingerprint density at radius 1 is 1.48 bits per heavy atom. The first kappa shape index (κ1) is 18.0. The number of piperidine rings is 1. The van der Waals surface area contributed by atoms with Gasteiger partial charge in [0.2, 0.25) is 0 Å². The van der Waals surface area contributed by atoms with E-state index in [9.17, 15) is 9.90 Å². The van der Waals surface area contributed by atoms with Gasteiger partial charge in [0.1, 0.15) is 5.75 Å². The van der Waals surface area contributed by atoms with Crippen molar-refractivity contribution in [1.29, 1.82) is 0 Å². The average Bonchev–Trinajstić information content (AvgIpc) is 2.55. The van der Waals surface area contributed by atoms with E-state index in [1.165, 1.54) is 20.0 Å². The molecule has 0 spiro atoms. The number of nitrogens with zero attached hydrogens (tertiary/aromatic N) is 1. The summed E-state index contributed by atoms with van der Waals surface area (Å²) >= 11 is 5.95. The highest BCUT2D eigenvalue weighted by atomic mass is 35.5. The quantitative estimate of drug-likeness (QED) is 0.833. The number of carbonyl (C=O) groups excluding carboxylic acids is 1. The van der Waals surface area contributed by atoms with Crippen LogP contribution in [0, 0.1) is 5.92 Å². The van der Waals surface area contributed by atoms with E-state index in [2.05, 4.69) is 17.1 Å². The number of rotatable bonds is 6. The molecule has 5 nitrogen and oxygen atoms in total. The van der Waals surface area contributed by atoms with Gasteiger partial charge >= 0.3 is 0 Å². The fraction of sp³-hybridized carbons (Fsp3) is 0.588. The summed E-state index contributed by atoms with van der Waals surface area (Å²) in [5, 5.41) is 13.3. The zero-order valence-corrected chi connectivity index (χ0v) is 14.5. The molecule has 1 amide bonds. The molecule has 1 fully saturated rings. The molecular formula is C17H25ClN2O3. The Kier molecular flexibility index (Phi) is 6.69. The number of hydrogen-bond acceptors (Lipinski definition) is 4. The number of β-amino-alcohol motifs (C(OH)–C–C–N with tert-alkyl or cyclic N) is 1. The van der Waals surface area contributed by atoms with Gasteiger partial charge in [0.05, 0.1) is 18.2 Å². The lowest BCUT2D eigenvalue weighted by atomic mass is 9.99. The molecule has 2 rings (SSSR count). The lowest BCUT2D eigenvalue weighted by Crippen LogP contribution is -2.43. The van der Waals surface area contributed by atoms with E-state index in [0.29, 0.717) is 22.9 Å². The van der Waals surface area contributed by atoms with Gasteiger partial charge in [-0.15, -0.1) is 0 Å². The van der Waals surface area contributed by atoms with Gasteiger partial charge in [0.15, 0.2) is 0 Å². The van der Waals surface area contributed by atoms with Gasteiger partial charge in [-0.1, -0.05) is 18.5 Å². The van der Waals surface area contributed by atoms with E-state index in [1.807, 2.05) is 0 Å². The number of hydrogen-bond donors (Lipinski definition) is 2. The second kappa shape index (κ2) is 8.52. The van der Waals surface area contributed by atoms with Crippen molar-refractivity contribution in [3.05, 3.63) is 28.8 Å². The molecule has 1 aliphatic rings. The fourth-order valence-corrected chi connectivity index (χ4v) is 2.92. The molecule has 0 radical (unpaired) electrons. The standard InChI is InChI=1S/C17H25ClN2O3/c1-12-5-7-20(8-6-12)11-14(21)10-19-17(22)13-3-4-15(18)16(9-13)23-2/h3-4,9,12,14,21H,5-8,10-11H2,1-2H3,(H,19,22). The minimum Gasteiger partial charge on any atom is -0.495 e. The molecule has 0 bridgehead atoms. The zero-order valence-electron chi connectivity index (χ0n) is 13.7. The molecule has 1 unspecified atom stereocenters. The SMILES string of the molecule is COc1cc(C(=O)NCC(O)CN2CCC(C)CC2)ccc1Cl. The number of carbonyl (C=O) groups is 1. The van der Waals surface area contributed by atoms with Crippen LogP contribution in [0.25, 0.3) is 0 Å². The monoisotopic (exact) mass is 340 g/mol. The highest BCUT2D eigenvalue weighted by Crippen LogP contribution is 2.24. The van der Waals surface area contributed by atoms with E-state index < -0.39 is 6.10 Å². The Hall–Kier alpha value is -1.30. The first-order valence-electron chi connectivity index (χ1n) is 8.01. The molecule has 2 N–H and O–H groups in total. The summed E-state index contributed by atoms with van der Waals surface area (Å²) < 4.78 is 5.10. The number of halogens is 1. The molecule has 0 saturated carbocycles. The Morgan fingerprint density at radius 2 is 2.17 bits per heavy atom. The maximum absolute atomic E-state index is 12.1. The predicted molar refractivity (Wildman–Crippen MR) is 91.2 cm³/mol. The number of ether oxygens (including phenoxy) is 1. The third-order valence-electron chi connectivity index (χ3n) is 4.26. The van der Waals surface area contributed by atoms with Crippen LogP contribution in [0.3, 0.4) is 0 Å². The topological polar surface area (TPSA) is 61.8 Å². The number of nitrogens with one attached hydrogen (secondary N) is 1. The van der Waals surface area contributed by atoms with Crippen molar-refractivity contribution in [3.8, 4) is 5.75 Å². The van der Waals surface area contributed by atoms with Crippen molar-refractivity contribution in [2.45, 2.75) is 25.9 Å². The van der Waals surface area contributed by atoms with Gasteiger partial charge < -0.3 is 20.1 Å². The van der Waals surface area contributed by atoms with E-state index in [1.54, 1.807) is 18.2 Å². The van der Waals surface area contributed by atoms with Gasteiger partial charge in [-0.3, -0.25) is 4.79 Å². The second-order valence-corrected chi connectivity index (χ2v) is 6.60. The molecule has 1 atom stereocenters. The summed E-state index contributed by atoms with van der Waals surface area (Å²) in [4.78, 5) is 14.4. The van der Waals surface area contributed by atoms with Crippen molar-refractivity contribution in [3.63, 3.8) is 0 Å². The van der Waals surface area contributed by atoms with Crippen LogP contribution in [0.15, 0.2) is 18.2 Å². The predicted octanol–water partition coefficient (Wildman–Crippen LogP) is 2.17. The molecule has 1 aromatic rings. The molecule has 1 aromatic carbocycles. The highest BCUT2D eigenvalue weighted by molar-refractivity contribution is 6.32. The Morgan fingerprint density at radius 3 is 2.83 bits per heavy atom. The van der Waals surface area contributed by atoms with Crippen LogP contribution in [0.4, 0.5) is 0 Å². The maximum Gasteiger partial charge on any atom is 0.251 e. The number of likely N-dealkylation sites (tertiary alicyclic amines) is 1. The van der Waals surface area contributed by atoms with Crippen molar-refractivity contribution in [2.24, 2.45) is 5.92 Å². The smallest absolute Gasteiger partial charge is 0.251 e. The van der Waals surface area contributed by atoms with E-state index in [0.717, 1.165) is 19.0 Å². The number of amides is 1. The minimum atomic E-state index is -0.568. The van der Waals surface area contributed by atoms with Gasteiger partial charge in [-0.25, -0.2) is 0 Å². The summed E-state index contributed by atoms with van der Waals surface area (Å²) in [5.41, 5.74) is 0.463. The van der Waals surface area contributed by atoms with Crippen LogP contribution in [-0.2, 0) is 0 Å². The summed E-state index contributed by atoms with van der Waals surface area (Å²) in [6, 6.07) is 4.86. The van der Waals surface area contributed by atoms with Crippen LogP contribution < -0.4 is 10.1 Å². The molecule has 23 heavy (non-hydrogen) atoms. The second-order valence-electron chi connectivity index (χ2n) is 6.20. The first-order valence-corrected chi connectivity index (χ1v) is 8.39. The zero-order chi connectivity index (χ0) is 16.8. The number of aliphatic hydroxyl groups excluding tert-OH is 1. The van der Waals surface area contributed by atoms with E-state index in [4.69, 9.17) is 16.3 Å². The van der Waals surface area contributed by atoms with Crippen molar-refractivity contribution < 1.29 is 14.6 Å². The highest BCUT2D eigenvalue weighted by Gasteiger charge is 2.19. The molecule has 128 valence electrons. The lowest BCUT2D eigenvalue weighted by molar-refractivity contribution is 0.0795. The molecule has 0 aromatic heterocycles. The van der Waals surface area contributed by atoms with Crippen molar-refractivity contribution in [2.75, 3.05) is 33.3 Å². The Bertz CT molecular complexity index is 531. The third-order valence-corrected chi connectivity index (χ3v) is 4.57. The molecular weight excluding hydrogens is 316 g/mol. The van der Waals surface area contributed by atoms with Crippen LogP contribution >= 0.6 is 11.6 Å². The van der Waals surface area contributed by atoms with Gasteiger partial charge in [-0.2, -0.15) is 0 Å². The van der Waals surface area contributed by atoms with Crippen LogP contribution in [0.5, 0.6) is 5.75 Å². The van der Waals surface area contributed by atoms with Gasteiger partial charge in [-0.05, 0) is 50.0 Å². The number of benzene rings is 1. The normalized spacial score (nSPS) is 17.7. The van der Waals surface area contributed by atoms with Gasteiger partial charge in [0, 0.05) is 18.7 Å². The molecule has 1 heterocycles. The lowest BCUT2D eigenvalue weighted by Gasteiger charge is -2.31. The first-order chi connectivity index (χ1) is 11.0.